The van der Waals surface area contributed by atoms with Gasteiger partial charge in [-0.25, -0.2) is 4.39 Å². The molecule has 0 aliphatic rings. The fourth-order valence-electron chi connectivity index (χ4n) is 0.873. The zero-order chi connectivity index (χ0) is 11.4. The molecule has 3 nitrogen and oxygen atoms in total. The van der Waals surface area contributed by atoms with Gasteiger partial charge in [-0.1, -0.05) is 0 Å². The van der Waals surface area contributed by atoms with Gasteiger partial charge in [0.1, 0.15) is 23.3 Å². The quantitative estimate of drug-likeness (QED) is 0.435. The number of Topliss-reactive ketones (excluding diaryl/α,β-unsaturated/α-hetero) is 1. The van der Waals surface area contributed by atoms with Crippen LogP contribution < -0.4 is 4.74 Å². The second-order valence-electron chi connectivity index (χ2n) is 3.21. The minimum absolute atomic E-state index is 0.231. The Morgan fingerprint density at radius 1 is 1.27 bits per heavy atom. The van der Waals surface area contributed by atoms with E-state index in [1.54, 1.807) is 0 Å². The average Bonchev–Trinajstić information content (AvgIpc) is 2.20. The summed E-state index contributed by atoms with van der Waals surface area (Å²) < 4.78 is 17.4. The van der Waals surface area contributed by atoms with Gasteiger partial charge in [0.2, 0.25) is 0 Å². The first kappa shape index (κ1) is 11.4. The number of carbonyl (C=O) groups excluding carboxylic acids is 2. The Labute approximate surface area is 86.9 Å². The molecule has 4 heteroatoms. The van der Waals surface area contributed by atoms with E-state index in [0.29, 0.717) is 0 Å². The number of halogens is 1. The van der Waals surface area contributed by atoms with Gasteiger partial charge in [0, 0.05) is 0 Å². The number of carbonyl (C=O) groups is 2. The lowest BCUT2D eigenvalue weighted by Gasteiger charge is -2.07. The number of hydrogen-bond acceptors (Lipinski definition) is 3. The van der Waals surface area contributed by atoms with Crippen LogP contribution in [-0.4, -0.2) is 11.8 Å². The molecule has 0 spiro atoms. The van der Waals surface area contributed by atoms with Crippen molar-refractivity contribution in [2.75, 3.05) is 0 Å². The van der Waals surface area contributed by atoms with Gasteiger partial charge in [-0.3, -0.25) is 9.59 Å². The zero-order valence-corrected chi connectivity index (χ0v) is 8.49. The molecule has 0 aromatic heterocycles. The second-order valence-corrected chi connectivity index (χ2v) is 3.21. The highest BCUT2D eigenvalue weighted by molar-refractivity contribution is 5.97. The highest BCUT2D eigenvalue weighted by atomic mass is 19.1. The van der Waals surface area contributed by atoms with E-state index in [4.69, 9.17) is 4.74 Å². The van der Waals surface area contributed by atoms with Gasteiger partial charge in [0.25, 0.3) is 0 Å². The van der Waals surface area contributed by atoms with Gasteiger partial charge in [-0.15, -0.1) is 0 Å². The highest BCUT2D eigenvalue weighted by Crippen LogP contribution is 2.13. The SMILES string of the molecule is CC(=O)C(C)C(=O)Oc1ccc(F)cc1. The number of ether oxygens (including phenoxy) is 1. The summed E-state index contributed by atoms with van der Waals surface area (Å²) in [6, 6.07) is 5.03. The Morgan fingerprint density at radius 3 is 2.27 bits per heavy atom. The molecule has 1 aromatic rings. The minimum Gasteiger partial charge on any atom is -0.426 e. The van der Waals surface area contributed by atoms with E-state index >= 15 is 0 Å². The second kappa shape index (κ2) is 4.68. The van der Waals surface area contributed by atoms with Crippen LogP contribution >= 0.6 is 0 Å². The van der Waals surface area contributed by atoms with Gasteiger partial charge >= 0.3 is 5.97 Å². The van der Waals surface area contributed by atoms with Crippen molar-refractivity contribution >= 4 is 11.8 Å². The third-order valence-electron chi connectivity index (χ3n) is 2.00. The van der Waals surface area contributed by atoms with Gasteiger partial charge in [-0.05, 0) is 38.1 Å². The number of rotatable bonds is 3. The number of hydrogen-bond donors (Lipinski definition) is 0. The van der Waals surface area contributed by atoms with E-state index in [9.17, 15) is 14.0 Å². The first-order valence-electron chi connectivity index (χ1n) is 4.48. The van der Waals surface area contributed by atoms with E-state index < -0.39 is 17.7 Å². The molecule has 0 saturated carbocycles. The largest absolute Gasteiger partial charge is 0.426 e. The van der Waals surface area contributed by atoms with Gasteiger partial charge < -0.3 is 4.74 Å². The summed E-state index contributed by atoms with van der Waals surface area (Å²) in [5.41, 5.74) is 0. The summed E-state index contributed by atoms with van der Waals surface area (Å²) in [6.07, 6.45) is 0. The van der Waals surface area contributed by atoms with Gasteiger partial charge in [-0.2, -0.15) is 0 Å². The van der Waals surface area contributed by atoms with Crippen molar-refractivity contribution in [2.45, 2.75) is 13.8 Å². The smallest absolute Gasteiger partial charge is 0.321 e. The molecular weight excluding hydrogens is 199 g/mol. The molecule has 0 N–H and O–H groups in total. The third kappa shape index (κ3) is 3.16. The van der Waals surface area contributed by atoms with E-state index in [1.165, 1.54) is 38.1 Å². The average molecular weight is 210 g/mol. The number of ketones is 1. The van der Waals surface area contributed by atoms with E-state index in [1.807, 2.05) is 0 Å². The number of esters is 1. The maximum atomic E-state index is 12.5. The van der Waals surface area contributed by atoms with E-state index in [-0.39, 0.29) is 11.5 Å². The summed E-state index contributed by atoms with van der Waals surface area (Å²) in [7, 11) is 0. The van der Waals surface area contributed by atoms with E-state index in [2.05, 4.69) is 0 Å². The molecule has 0 heterocycles. The standard InChI is InChI=1S/C11H11FO3/c1-7(8(2)13)11(14)15-10-5-3-9(12)4-6-10/h3-7H,1-2H3. The molecule has 0 fully saturated rings. The molecule has 80 valence electrons. The molecule has 1 aromatic carbocycles. The monoisotopic (exact) mass is 210 g/mol. The molecular formula is C11H11FO3. The third-order valence-corrected chi connectivity index (χ3v) is 2.00. The fourth-order valence-corrected chi connectivity index (χ4v) is 0.873. The topological polar surface area (TPSA) is 43.4 Å². The van der Waals surface area contributed by atoms with Crippen molar-refractivity contribution < 1.29 is 18.7 Å². The molecule has 15 heavy (non-hydrogen) atoms. The van der Waals surface area contributed by atoms with Crippen LogP contribution in [0, 0.1) is 11.7 Å². The molecule has 0 aliphatic heterocycles. The van der Waals surface area contributed by atoms with Crippen LogP contribution in [0.1, 0.15) is 13.8 Å². The van der Waals surface area contributed by atoms with Crippen molar-refractivity contribution in [2.24, 2.45) is 5.92 Å². The Hall–Kier alpha value is -1.71. The summed E-state index contributed by atoms with van der Waals surface area (Å²) in [4.78, 5) is 22.2. The van der Waals surface area contributed by atoms with Crippen molar-refractivity contribution in [1.82, 2.24) is 0 Å². The Morgan fingerprint density at radius 2 is 1.80 bits per heavy atom. The highest BCUT2D eigenvalue weighted by Gasteiger charge is 2.19. The predicted molar refractivity (Wildman–Crippen MR) is 51.9 cm³/mol. The Balaban J connectivity index is 2.66. The van der Waals surface area contributed by atoms with E-state index in [0.717, 1.165) is 0 Å². The van der Waals surface area contributed by atoms with Gasteiger partial charge in [0.15, 0.2) is 0 Å². The van der Waals surface area contributed by atoms with Crippen LogP contribution in [0.15, 0.2) is 24.3 Å². The van der Waals surface area contributed by atoms with Crippen LogP contribution in [0.2, 0.25) is 0 Å². The van der Waals surface area contributed by atoms with Crippen molar-refractivity contribution in [3.63, 3.8) is 0 Å². The van der Waals surface area contributed by atoms with Crippen LogP contribution in [0.5, 0.6) is 5.75 Å². The summed E-state index contributed by atoms with van der Waals surface area (Å²) in [6.45, 7) is 2.78. The molecule has 0 aliphatic carbocycles. The summed E-state index contributed by atoms with van der Waals surface area (Å²) >= 11 is 0. The molecule has 0 bridgehead atoms. The van der Waals surface area contributed by atoms with Crippen molar-refractivity contribution in [3.05, 3.63) is 30.1 Å². The van der Waals surface area contributed by atoms with Crippen LogP contribution in [0.25, 0.3) is 0 Å². The predicted octanol–water partition coefficient (Wildman–Crippen LogP) is 1.96. The minimum atomic E-state index is -0.796. The maximum Gasteiger partial charge on any atom is 0.321 e. The van der Waals surface area contributed by atoms with Crippen molar-refractivity contribution in [1.29, 1.82) is 0 Å². The summed E-state index contributed by atoms with van der Waals surface area (Å²) in [5, 5.41) is 0. The first-order chi connectivity index (χ1) is 7.00. The van der Waals surface area contributed by atoms with Crippen molar-refractivity contribution in [3.8, 4) is 5.75 Å². The van der Waals surface area contributed by atoms with Crippen LogP contribution in [0.4, 0.5) is 4.39 Å². The fraction of sp³-hybridized carbons (Fsp3) is 0.273. The molecule has 0 amide bonds. The molecule has 0 saturated heterocycles. The lowest BCUT2D eigenvalue weighted by atomic mass is 10.1. The Bertz CT molecular complexity index is 370. The lowest BCUT2D eigenvalue weighted by Crippen LogP contribution is -2.23. The van der Waals surface area contributed by atoms with Crippen LogP contribution in [0.3, 0.4) is 0 Å². The van der Waals surface area contributed by atoms with Crippen LogP contribution in [-0.2, 0) is 9.59 Å². The van der Waals surface area contributed by atoms with Gasteiger partial charge in [0.05, 0.1) is 0 Å². The zero-order valence-electron chi connectivity index (χ0n) is 8.49. The maximum absolute atomic E-state index is 12.5. The molecule has 1 rings (SSSR count). The molecule has 1 atom stereocenters. The Kier molecular flexibility index (Phi) is 3.55. The molecule has 0 radical (unpaired) electrons. The molecule has 1 unspecified atom stereocenters. The lowest BCUT2D eigenvalue weighted by molar-refractivity contribution is -0.142. The first-order valence-corrected chi connectivity index (χ1v) is 4.48. The normalized spacial score (nSPS) is 11.9. The summed E-state index contributed by atoms with van der Waals surface area (Å²) in [5.74, 6) is -1.87. The number of benzene rings is 1.